The van der Waals surface area contributed by atoms with E-state index in [1.807, 2.05) is 50.5 Å². The number of hydrogen-bond acceptors (Lipinski definition) is 3. The molecule has 0 N–H and O–H groups in total. The molecular formula is C20H18BiNO2S. The average molecular weight is 545 g/mol. The van der Waals surface area contributed by atoms with Crippen LogP contribution in [0.2, 0.25) is 0 Å². The molecule has 0 unspecified atom stereocenters. The van der Waals surface area contributed by atoms with Gasteiger partial charge in [0.2, 0.25) is 0 Å². The van der Waals surface area contributed by atoms with Gasteiger partial charge in [-0.3, -0.25) is 0 Å². The van der Waals surface area contributed by atoms with E-state index in [2.05, 4.69) is 29.2 Å². The number of fused-ring (bicyclic) bond motifs is 2. The second kappa shape index (κ2) is 6.23. The molecule has 0 fully saturated rings. The number of rotatable bonds is 2. The van der Waals surface area contributed by atoms with Crippen LogP contribution < -0.4 is 14.7 Å². The van der Waals surface area contributed by atoms with Gasteiger partial charge in [0.05, 0.1) is 0 Å². The standard InChI is InChI=1S/C12H8O2S.C8H10N.Bi/c13-15(14,11-7-3-1-4-8-11)12-9-5-2-6-10-12;1-9(2)8-6-4-3-5-7-8;/h1-7,9H;4-7H,1-2H3;. The van der Waals surface area contributed by atoms with Gasteiger partial charge in [-0.1, -0.05) is 0 Å². The first kappa shape index (κ1) is 16.7. The van der Waals surface area contributed by atoms with Gasteiger partial charge in [0.25, 0.3) is 0 Å². The monoisotopic (exact) mass is 545 g/mol. The first-order valence-electron chi connectivity index (χ1n) is 8.01. The van der Waals surface area contributed by atoms with Crippen molar-refractivity contribution >= 4 is 47.1 Å². The van der Waals surface area contributed by atoms with Crippen LogP contribution in [0.4, 0.5) is 5.69 Å². The van der Waals surface area contributed by atoms with Crippen LogP contribution in [0.25, 0.3) is 0 Å². The zero-order valence-electron chi connectivity index (χ0n) is 14.0. The van der Waals surface area contributed by atoms with Crippen molar-refractivity contribution in [1.82, 2.24) is 0 Å². The SMILES string of the molecule is CN(C)c1cc[c]([Bi]2[c]3ccccc3S(=O)(=O)c3cccc[c]32)cc1. The molecule has 1 aliphatic rings. The van der Waals surface area contributed by atoms with Crippen LogP contribution in [0.1, 0.15) is 0 Å². The molecule has 0 atom stereocenters. The van der Waals surface area contributed by atoms with E-state index in [4.69, 9.17) is 0 Å². The molecule has 0 saturated heterocycles. The zero-order valence-corrected chi connectivity index (χ0v) is 18.3. The first-order chi connectivity index (χ1) is 12.0. The Morgan fingerprint density at radius 3 is 1.68 bits per heavy atom. The van der Waals surface area contributed by atoms with Crippen molar-refractivity contribution in [2.24, 2.45) is 0 Å². The van der Waals surface area contributed by atoms with Crippen LogP contribution in [0, 0.1) is 0 Å². The molecule has 5 heteroatoms. The summed E-state index contributed by atoms with van der Waals surface area (Å²) in [5, 5.41) is 0. The van der Waals surface area contributed by atoms with Crippen LogP contribution >= 0.6 is 0 Å². The van der Waals surface area contributed by atoms with Crippen LogP contribution in [-0.4, -0.2) is 44.3 Å². The maximum absolute atomic E-state index is 13.0. The Hall–Kier alpha value is -1.71. The van der Waals surface area contributed by atoms with Crippen molar-refractivity contribution in [3.05, 3.63) is 72.8 Å². The van der Waals surface area contributed by atoms with E-state index in [0.29, 0.717) is 9.79 Å². The van der Waals surface area contributed by atoms with Crippen LogP contribution in [0.5, 0.6) is 0 Å². The Bertz CT molecular complexity index is 990. The van der Waals surface area contributed by atoms with Gasteiger partial charge in [-0.15, -0.1) is 0 Å². The Kier molecular flexibility index (Phi) is 4.17. The summed E-state index contributed by atoms with van der Waals surface area (Å²) in [7, 11) is 0.626. The average Bonchev–Trinajstić information content (AvgIpc) is 2.62. The van der Waals surface area contributed by atoms with Crippen LogP contribution in [0.15, 0.2) is 82.6 Å². The normalized spacial score (nSPS) is 15.3. The number of nitrogens with zero attached hydrogens (tertiary/aromatic N) is 1. The third kappa shape index (κ3) is 2.70. The Labute approximate surface area is 156 Å². The van der Waals surface area contributed by atoms with Gasteiger partial charge in [-0.05, 0) is 0 Å². The molecular weight excluding hydrogens is 527 g/mol. The van der Waals surface area contributed by atoms with E-state index < -0.39 is 31.6 Å². The molecule has 1 aliphatic heterocycles. The number of benzene rings is 3. The second-order valence-electron chi connectivity index (χ2n) is 6.19. The van der Waals surface area contributed by atoms with Crippen molar-refractivity contribution in [3.63, 3.8) is 0 Å². The summed E-state index contributed by atoms with van der Waals surface area (Å²) in [6.07, 6.45) is 0. The second-order valence-corrected chi connectivity index (χ2v) is 16.4. The van der Waals surface area contributed by atoms with Crippen molar-refractivity contribution in [1.29, 1.82) is 0 Å². The predicted octanol–water partition coefficient (Wildman–Crippen LogP) is 1.41. The van der Waals surface area contributed by atoms with Gasteiger partial charge in [0.15, 0.2) is 0 Å². The summed E-state index contributed by atoms with van der Waals surface area (Å²) in [5.74, 6) is 0. The summed E-state index contributed by atoms with van der Waals surface area (Å²) in [6.45, 7) is 0. The van der Waals surface area contributed by atoms with Crippen molar-refractivity contribution in [2.45, 2.75) is 9.79 Å². The molecule has 0 amide bonds. The van der Waals surface area contributed by atoms with Crippen LogP contribution in [0.3, 0.4) is 0 Å². The quantitative estimate of drug-likeness (QED) is 0.358. The minimum absolute atomic E-state index is 0.503. The third-order valence-corrected chi connectivity index (χ3v) is 17.5. The molecule has 1 heterocycles. The van der Waals surface area contributed by atoms with Gasteiger partial charge in [-0.2, -0.15) is 0 Å². The zero-order chi connectivity index (χ0) is 17.6. The molecule has 0 spiro atoms. The van der Waals surface area contributed by atoms with Gasteiger partial charge in [-0.25, -0.2) is 0 Å². The number of anilines is 1. The fourth-order valence-corrected chi connectivity index (χ4v) is 18.0. The Balaban J connectivity index is 1.97. The summed E-state index contributed by atoms with van der Waals surface area (Å²) in [6, 6.07) is 23.7. The maximum atomic E-state index is 13.0. The molecule has 3 aromatic rings. The molecule has 4 rings (SSSR count). The predicted molar refractivity (Wildman–Crippen MR) is 104 cm³/mol. The molecule has 3 aromatic carbocycles. The van der Waals surface area contributed by atoms with E-state index in [1.165, 1.54) is 3.27 Å². The summed E-state index contributed by atoms with van der Waals surface area (Å²) in [4.78, 5) is 3.08. The van der Waals surface area contributed by atoms with Crippen molar-refractivity contribution in [2.75, 3.05) is 19.0 Å². The molecule has 0 bridgehead atoms. The van der Waals surface area contributed by atoms with E-state index in [9.17, 15) is 8.42 Å². The molecule has 0 saturated carbocycles. The van der Waals surface area contributed by atoms with E-state index in [1.54, 1.807) is 12.1 Å². The summed E-state index contributed by atoms with van der Waals surface area (Å²) >= 11 is -2.62. The fraction of sp³-hybridized carbons (Fsp3) is 0.100. The topological polar surface area (TPSA) is 37.4 Å². The van der Waals surface area contributed by atoms with E-state index >= 15 is 0 Å². The fourth-order valence-electron chi connectivity index (χ4n) is 3.16. The summed E-state index contributed by atoms with van der Waals surface area (Å²) < 4.78 is 29.5. The number of hydrogen-bond donors (Lipinski definition) is 0. The minimum atomic E-state index is -3.42. The van der Waals surface area contributed by atoms with Crippen LogP contribution in [-0.2, 0) is 9.84 Å². The first-order valence-corrected chi connectivity index (χ1v) is 14.7. The van der Waals surface area contributed by atoms with Gasteiger partial charge >= 0.3 is 157 Å². The Morgan fingerprint density at radius 1 is 0.720 bits per heavy atom. The van der Waals surface area contributed by atoms with Gasteiger partial charge in [0.1, 0.15) is 0 Å². The molecule has 0 aromatic heterocycles. The van der Waals surface area contributed by atoms with E-state index in [0.717, 1.165) is 12.2 Å². The van der Waals surface area contributed by atoms with Gasteiger partial charge in [0, 0.05) is 0 Å². The van der Waals surface area contributed by atoms with Gasteiger partial charge < -0.3 is 0 Å². The molecule has 0 radical (unpaired) electrons. The summed E-state index contributed by atoms with van der Waals surface area (Å²) in [5.41, 5.74) is 1.15. The molecule has 126 valence electrons. The van der Waals surface area contributed by atoms with Crippen molar-refractivity contribution < 1.29 is 8.42 Å². The van der Waals surface area contributed by atoms with Crippen molar-refractivity contribution in [3.8, 4) is 0 Å². The Morgan fingerprint density at radius 2 is 1.20 bits per heavy atom. The number of sulfone groups is 1. The molecule has 0 aliphatic carbocycles. The molecule has 25 heavy (non-hydrogen) atoms. The molecule has 3 nitrogen and oxygen atoms in total. The van der Waals surface area contributed by atoms with E-state index in [-0.39, 0.29) is 0 Å². The third-order valence-electron chi connectivity index (χ3n) is 4.42.